The molecule has 0 unspecified atom stereocenters. The zero-order valence-electron chi connectivity index (χ0n) is 17.2. The molecule has 1 saturated heterocycles. The number of halogens is 3. The van der Waals surface area contributed by atoms with Gasteiger partial charge in [-0.15, -0.1) is 0 Å². The largest absolute Gasteiger partial charge is 0.459 e. The first-order valence-corrected chi connectivity index (χ1v) is 10.0. The van der Waals surface area contributed by atoms with E-state index in [-0.39, 0.29) is 48.9 Å². The number of rotatable bonds is 5. The van der Waals surface area contributed by atoms with Crippen LogP contribution in [0.4, 0.5) is 13.2 Å². The lowest BCUT2D eigenvalue weighted by Crippen LogP contribution is -2.51. The van der Waals surface area contributed by atoms with Gasteiger partial charge in [-0.05, 0) is 24.3 Å². The fourth-order valence-electron chi connectivity index (χ4n) is 3.58. The van der Waals surface area contributed by atoms with Crippen LogP contribution in [0.1, 0.15) is 16.4 Å². The third kappa shape index (κ3) is 4.83. The second kappa shape index (κ2) is 8.96. The maximum atomic E-state index is 13.3. The van der Waals surface area contributed by atoms with Gasteiger partial charge in [0.15, 0.2) is 12.4 Å². The number of furan rings is 1. The standard InChI is InChI=1S/C21H19F3N4O5/c22-21(23,24)20-25-14-4-1-2-5-15(14)28(20)12-18(30)33-13-17(29)26-7-9-27(10-8-26)19(31)16-6-3-11-32-16/h1-6,11H,7-10,12-13H2. The number of carbonyl (C=O) groups is 3. The topological polar surface area (TPSA) is 97.9 Å². The summed E-state index contributed by atoms with van der Waals surface area (Å²) in [5.74, 6) is -2.80. The number of carbonyl (C=O) groups excluding carboxylic acids is 3. The number of aromatic nitrogens is 2. The van der Waals surface area contributed by atoms with Crippen LogP contribution in [0.5, 0.6) is 0 Å². The molecular weight excluding hydrogens is 445 g/mol. The van der Waals surface area contributed by atoms with Crippen LogP contribution in [-0.2, 0) is 27.0 Å². The zero-order valence-corrected chi connectivity index (χ0v) is 17.2. The van der Waals surface area contributed by atoms with E-state index in [0.29, 0.717) is 0 Å². The highest BCUT2D eigenvalue weighted by atomic mass is 19.4. The van der Waals surface area contributed by atoms with E-state index in [9.17, 15) is 27.6 Å². The summed E-state index contributed by atoms with van der Waals surface area (Å²) >= 11 is 0. The third-order valence-electron chi connectivity index (χ3n) is 5.20. The highest BCUT2D eigenvalue weighted by Gasteiger charge is 2.38. The molecule has 0 N–H and O–H groups in total. The number of imidazole rings is 1. The van der Waals surface area contributed by atoms with Gasteiger partial charge in [-0.3, -0.25) is 14.4 Å². The van der Waals surface area contributed by atoms with Gasteiger partial charge in [-0.1, -0.05) is 12.1 Å². The van der Waals surface area contributed by atoms with Gasteiger partial charge in [0.1, 0.15) is 6.54 Å². The molecule has 0 saturated carbocycles. The molecular formula is C21H19F3N4O5. The van der Waals surface area contributed by atoms with E-state index < -0.39 is 37.0 Å². The summed E-state index contributed by atoms with van der Waals surface area (Å²) in [6.45, 7) is -0.349. The average molecular weight is 464 g/mol. The normalized spacial score (nSPS) is 14.5. The molecule has 0 spiro atoms. The fourth-order valence-corrected chi connectivity index (χ4v) is 3.58. The van der Waals surface area contributed by atoms with Crippen molar-refractivity contribution in [3.05, 3.63) is 54.2 Å². The molecule has 3 heterocycles. The van der Waals surface area contributed by atoms with E-state index >= 15 is 0 Å². The summed E-state index contributed by atoms with van der Waals surface area (Å²) in [4.78, 5) is 43.4. The van der Waals surface area contributed by atoms with E-state index in [1.807, 2.05) is 0 Å². The van der Waals surface area contributed by atoms with Crippen LogP contribution < -0.4 is 0 Å². The number of alkyl halides is 3. The van der Waals surface area contributed by atoms with Crippen molar-refractivity contribution in [2.45, 2.75) is 12.7 Å². The maximum absolute atomic E-state index is 13.3. The first-order chi connectivity index (χ1) is 15.7. The summed E-state index contributed by atoms with van der Waals surface area (Å²) in [7, 11) is 0. The molecule has 12 heteroatoms. The number of benzene rings is 1. The Morgan fingerprint density at radius 2 is 1.70 bits per heavy atom. The Bertz CT molecular complexity index is 1160. The Kier molecular flexibility index (Phi) is 6.07. The number of ether oxygens (including phenoxy) is 1. The van der Waals surface area contributed by atoms with Crippen molar-refractivity contribution in [3.63, 3.8) is 0 Å². The molecule has 2 amide bonds. The number of esters is 1. The molecule has 3 aromatic rings. The van der Waals surface area contributed by atoms with Crippen LogP contribution in [0.25, 0.3) is 11.0 Å². The summed E-state index contributed by atoms with van der Waals surface area (Å²) in [5.41, 5.74) is 0.223. The molecule has 0 radical (unpaired) electrons. The summed E-state index contributed by atoms with van der Waals surface area (Å²) < 4.78 is 50.8. The number of nitrogens with zero attached hydrogens (tertiary/aromatic N) is 4. The van der Waals surface area contributed by atoms with Gasteiger partial charge in [0.2, 0.25) is 5.82 Å². The average Bonchev–Trinajstić information content (AvgIpc) is 3.46. The monoisotopic (exact) mass is 464 g/mol. The van der Waals surface area contributed by atoms with Gasteiger partial charge in [0.25, 0.3) is 11.8 Å². The Balaban J connectivity index is 1.32. The van der Waals surface area contributed by atoms with Gasteiger partial charge in [0, 0.05) is 26.2 Å². The molecule has 0 atom stereocenters. The van der Waals surface area contributed by atoms with Crippen molar-refractivity contribution in [2.24, 2.45) is 0 Å². The van der Waals surface area contributed by atoms with Crippen LogP contribution >= 0.6 is 0 Å². The lowest BCUT2D eigenvalue weighted by molar-refractivity contribution is -0.155. The lowest BCUT2D eigenvalue weighted by Gasteiger charge is -2.34. The predicted octanol–water partition coefficient (Wildman–Crippen LogP) is 2.18. The van der Waals surface area contributed by atoms with E-state index in [1.165, 1.54) is 34.3 Å². The number of hydrogen-bond acceptors (Lipinski definition) is 6. The fraction of sp³-hybridized carbons (Fsp3) is 0.333. The van der Waals surface area contributed by atoms with Gasteiger partial charge in [0.05, 0.1) is 17.3 Å². The second-order valence-electron chi connectivity index (χ2n) is 7.32. The maximum Gasteiger partial charge on any atom is 0.449 e. The van der Waals surface area contributed by atoms with Crippen LogP contribution in [-0.4, -0.2) is 69.9 Å². The molecule has 4 rings (SSSR count). The summed E-state index contributed by atoms with van der Waals surface area (Å²) in [5, 5.41) is 0. The third-order valence-corrected chi connectivity index (χ3v) is 5.20. The number of amides is 2. The number of fused-ring (bicyclic) bond motifs is 1. The first-order valence-electron chi connectivity index (χ1n) is 10.0. The molecule has 33 heavy (non-hydrogen) atoms. The number of hydrogen-bond donors (Lipinski definition) is 0. The Morgan fingerprint density at radius 1 is 1.00 bits per heavy atom. The molecule has 1 aromatic carbocycles. The Hall–Kier alpha value is -3.83. The van der Waals surface area contributed by atoms with Crippen molar-refractivity contribution in [3.8, 4) is 0 Å². The second-order valence-corrected chi connectivity index (χ2v) is 7.32. The zero-order chi connectivity index (χ0) is 23.6. The minimum Gasteiger partial charge on any atom is -0.459 e. The van der Waals surface area contributed by atoms with Crippen molar-refractivity contribution in [1.82, 2.24) is 19.4 Å². The SMILES string of the molecule is O=C(Cn1c(C(F)(F)F)nc2ccccc21)OCC(=O)N1CCN(C(=O)c2ccco2)CC1. The van der Waals surface area contributed by atoms with E-state index in [4.69, 9.17) is 9.15 Å². The minimum atomic E-state index is -4.76. The lowest BCUT2D eigenvalue weighted by atomic mass is 10.3. The molecule has 174 valence electrons. The smallest absolute Gasteiger partial charge is 0.449 e. The molecule has 1 aliphatic heterocycles. The van der Waals surface area contributed by atoms with Gasteiger partial charge in [-0.2, -0.15) is 13.2 Å². The highest BCUT2D eigenvalue weighted by Crippen LogP contribution is 2.31. The van der Waals surface area contributed by atoms with Crippen molar-refractivity contribution >= 4 is 28.8 Å². The molecule has 0 bridgehead atoms. The molecule has 0 aliphatic carbocycles. The molecule has 9 nitrogen and oxygen atoms in total. The van der Waals surface area contributed by atoms with Crippen molar-refractivity contribution < 1.29 is 36.7 Å². The minimum absolute atomic E-state index is 0.0932. The summed E-state index contributed by atoms with van der Waals surface area (Å²) in [6.07, 6.45) is -3.37. The van der Waals surface area contributed by atoms with Gasteiger partial charge in [-0.25, -0.2) is 4.98 Å². The molecule has 1 fully saturated rings. The Labute approximate surface area is 185 Å². The summed E-state index contributed by atoms with van der Waals surface area (Å²) in [6, 6.07) is 9.05. The van der Waals surface area contributed by atoms with E-state index in [2.05, 4.69) is 4.98 Å². The molecule has 2 aromatic heterocycles. The van der Waals surface area contributed by atoms with Crippen molar-refractivity contribution in [2.75, 3.05) is 32.8 Å². The van der Waals surface area contributed by atoms with E-state index in [1.54, 1.807) is 18.2 Å². The van der Waals surface area contributed by atoms with Gasteiger partial charge < -0.3 is 23.5 Å². The van der Waals surface area contributed by atoms with Crippen LogP contribution in [0, 0.1) is 0 Å². The van der Waals surface area contributed by atoms with Gasteiger partial charge >= 0.3 is 12.1 Å². The van der Waals surface area contributed by atoms with Crippen LogP contribution in [0.3, 0.4) is 0 Å². The number of piperazine rings is 1. The quantitative estimate of drug-likeness (QED) is 0.537. The molecule has 1 aliphatic rings. The van der Waals surface area contributed by atoms with Crippen molar-refractivity contribution in [1.29, 1.82) is 0 Å². The predicted molar refractivity (Wildman–Crippen MR) is 107 cm³/mol. The van der Waals surface area contributed by atoms with E-state index in [0.717, 1.165) is 4.57 Å². The van der Waals surface area contributed by atoms with Crippen LogP contribution in [0.2, 0.25) is 0 Å². The van der Waals surface area contributed by atoms with Crippen LogP contribution in [0.15, 0.2) is 47.1 Å². The Morgan fingerprint density at radius 3 is 2.36 bits per heavy atom. The number of para-hydroxylation sites is 2. The highest BCUT2D eigenvalue weighted by molar-refractivity contribution is 5.91. The first kappa shape index (κ1) is 22.4.